The van der Waals surface area contributed by atoms with E-state index in [2.05, 4.69) is 21.3 Å². The monoisotopic (exact) mass is 1060 g/mol. The van der Waals surface area contributed by atoms with E-state index in [0.29, 0.717) is 61.9 Å². The number of benzene rings is 3. The van der Waals surface area contributed by atoms with Crippen molar-refractivity contribution in [2.75, 3.05) is 44.7 Å². The van der Waals surface area contributed by atoms with E-state index in [1.165, 1.54) is 16.7 Å². The van der Waals surface area contributed by atoms with Gasteiger partial charge < -0.3 is 55.9 Å². The van der Waals surface area contributed by atoms with Gasteiger partial charge in [0.25, 0.3) is 5.91 Å². The van der Waals surface area contributed by atoms with Gasteiger partial charge in [0.15, 0.2) is 0 Å². The predicted octanol–water partition coefficient (Wildman–Crippen LogP) is 6.61. The summed E-state index contributed by atoms with van der Waals surface area (Å²) >= 11 is 0. The van der Waals surface area contributed by atoms with Crippen molar-refractivity contribution in [1.29, 1.82) is 0 Å². The van der Waals surface area contributed by atoms with Crippen LogP contribution in [-0.4, -0.2) is 124 Å². The maximum Gasteiger partial charge on any atom is 0.410 e. The Balaban J connectivity index is 1.14. The minimum Gasteiger partial charge on any atom is -0.445 e. The van der Waals surface area contributed by atoms with Crippen LogP contribution in [0.3, 0.4) is 0 Å². The van der Waals surface area contributed by atoms with Crippen LogP contribution in [0.2, 0.25) is 0 Å². The second-order valence-electron chi connectivity index (χ2n) is 20.4. The first-order valence-electron chi connectivity index (χ1n) is 26.0. The molecule has 1 aromatic heterocycles. The van der Waals surface area contributed by atoms with Crippen LogP contribution in [0.4, 0.5) is 28.4 Å². The fourth-order valence-electron chi connectivity index (χ4n) is 9.42. The largest absolute Gasteiger partial charge is 0.445 e. The zero-order valence-corrected chi connectivity index (χ0v) is 43.8. The molecule has 4 aromatic rings. The van der Waals surface area contributed by atoms with E-state index in [-0.39, 0.29) is 81.2 Å². The number of aliphatic hydroxyl groups excluding tert-OH is 1. The maximum absolute atomic E-state index is 16.3. The number of nitrogens with one attached hydrogen (secondary N) is 4. The number of hydrogen-bond donors (Lipinski definition) is 6. The highest BCUT2D eigenvalue weighted by molar-refractivity contribution is 5.98. The number of anilines is 1. The number of carbonyl (C=O) groups is 6. The van der Waals surface area contributed by atoms with E-state index in [1.54, 1.807) is 48.9 Å². The third kappa shape index (κ3) is 16.5. The van der Waals surface area contributed by atoms with Crippen LogP contribution in [0, 0.1) is 35.3 Å². The number of carbonyl (C=O) groups excluding carboxylic acids is 6. The van der Waals surface area contributed by atoms with Crippen molar-refractivity contribution in [2.45, 2.75) is 117 Å². The molecule has 0 aliphatic carbocycles. The Bertz CT molecular complexity index is 2600. The number of halogens is 3. The molecule has 2 fully saturated rings. The minimum absolute atomic E-state index is 0.0870. The van der Waals surface area contributed by atoms with Crippen molar-refractivity contribution in [1.82, 2.24) is 35.3 Å². The highest BCUT2D eigenvalue weighted by atomic mass is 19.1. The molecular weight excluding hydrogens is 988 g/mol. The summed E-state index contributed by atoms with van der Waals surface area (Å²) in [7, 11) is 0. The van der Waals surface area contributed by atoms with Gasteiger partial charge in [-0.2, -0.15) is 0 Å². The summed E-state index contributed by atoms with van der Waals surface area (Å²) in [5.41, 5.74) is 6.99. The molecule has 2 aliphatic rings. The van der Waals surface area contributed by atoms with Crippen molar-refractivity contribution < 1.29 is 56.5 Å². The normalized spacial score (nSPS) is 17.4. The SMILES string of the molecule is CC(C)CCC(=O)N[C@H](C(=O)N[C@@H](CCCNC(N)=O)C(=O)Nc1ccc(COC(=O)N2C[C@@H](CN(C(=O)[C@H](C)O)[C@@H](c3nc(-c4cc(F)ccc4F)cn3Cc3ccccc3)C3CCOCC3)[C@@H](F)C2)cc1)C(C)C. The summed E-state index contributed by atoms with van der Waals surface area (Å²) in [5, 5.41) is 21.7. The topological polar surface area (TPSA) is 240 Å². The van der Waals surface area contributed by atoms with Gasteiger partial charge >= 0.3 is 12.1 Å². The van der Waals surface area contributed by atoms with E-state index < -0.39 is 77.8 Å². The molecule has 6 rings (SSSR count). The number of likely N-dealkylation sites (tertiary alicyclic amines) is 1. The molecule has 21 heteroatoms. The van der Waals surface area contributed by atoms with Crippen LogP contribution in [0.1, 0.15) is 96.1 Å². The lowest BCUT2D eigenvalue weighted by Gasteiger charge is -2.40. The number of amides is 7. The summed E-state index contributed by atoms with van der Waals surface area (Å²) in [5.74, 6) is -4.35. The first-order chi connectivity index (χ1) is 36.3. The minimum atomic E-state index is -1.60. The molecule has 0 spiro atoms. The van der Waals surface area contributed by atoms with Gasteiger partial charge in [0.2, 0.25) is 17.7 Å². The lowest BCUT2D eigenvalue weighted by molar-refractivity contribution is -0.145. The molecule has 2 saturated heterocycles. The van der Waals surface area contributed by atoms with Gasteiger partial charge in [-0.1, -0.05) is 70.2 Å². The third-order valence-corrected chi connectivity index (χ3v) is 13.6. The molecule has 3 aromatic carbocycles. The molecule has 76 heavy (non-hydrogen) atoms. The highest BCUT2D eigenvalue weighted by Crippen LogP contribution is 2.39. The van der Waals surface area contributed by atoms with Gasteiger partial charge in [-0.15, -0.1) is 0 Å². The smallest absolute Gasteiger partial charge is 0.410 e. The number of alkyl halides is 1. The molecular formula is C55H72F3N9O9. The van der Waals surface area contributed by atoms with Crippen molar-refractivity contribution in [2.24, 2.45) is 29.4 Å². The molecule has 0 radical (unpaired) electrons. The standard InChI is InChI=1S/C55H72F3N9O9/c1-33(2)13-20-47(69)64-48(34(3)4)52(71)63-45(12-9-23-60-54(59)73)51(70)61-41-17-14-37(15-18-41)32-76-55(74)66-28-39(44(58)30-66)29-67(53(72)35(5)68)49(38-21-24-75-25-22-38)50-62-46(42-26-40(56)16-19-43(42)57)31-65(50)27-36-10-7-6-8-11-36/h6-8,10-11,14-19,26,31,33-35,38-39,44-45,48-49,68H,9,12-13,20-25,27-30,32H2,1-5H3,(H,61,70)(H,63,71)(H,64,69)(H3,59,60,73)/t35-,39-,44-,45-,48-,49+/m0/s1. The van der Waals surface area contributed by atoms with E-state index in [1.807, 2.05) is 44.2 Å². The Hall–Kier alpha value is -7.00. The number of nitrogens with two attached hydrogens (primary N) is 1. The van der Waals surface area contributed by atoms with Gasteiger partial charge in [0.05, 0.1) is 18.3 Å². The number of hydrogen-bond acceptors (Lipinski definition) is 10. The molecule has 412 valence electrons. The second-order valence-corrected chi connectivity index (χ2v) is 20.4. The molecule has 0 unspecified atom stereocenters. The number of aliphatic hydroxyl groups is 1. The van der Waals surface area contributed by atoms with E-state index in [0.717, 1.165) is 23.8 Å². The third-order valence-electron chi connectivity index (χ3n) is 13.6. The quantitative estimate of drug-likeness (QED) is 0.0411. The van der Waals surface area contributed by atoms with E-state index in [9.17, 15) is 38.3 Å². The van der Waals surface area contributed by atoms with Crippen LogP contribution in [-0.2, 0) is 41.8 Å². The Kier molecular flexibility index (Phi) is 21.2. The van der Waals surface area contributed by atoms with Crippen molar-refractivity contribution >= 4 is 41.4 Å². The van der Waals surface area contributed by atoms with Crippen molar-refractivity contribution in [3.8, 4) is 11.3 Å². The van der Waals surface area contributed by atoms with Gasteiger partial charge in [-0.3, -0.25) is 19.2 Å². The van der Waals surface area contributed by atoms with Crippen LogP contribution in [0.25, 0.3) is 11.3 Å². The van der Waals surface area contributed by atoms with E-state index in [4.69, 9.17) is 20.2 Å². The first-order valence-corrected chi connectivity index (χ1v) is 26.0. The summed E-state index contributed by atoms with van der Waals surface area (Å²) < 4.78 is 59.3. The van der Waals surface area contributed by atoms with Gasteiger partial charge in [-0.05, 0) is 98.2 Å². The maximum atomic E-state index is 16.3. The predicted molar refractivity (Wildman–Crippen MR) is 278 cm³/mol. The van der Waals surface area contributed by atoms with Crippen LogP contribution < -0.4 is 27.0 Å². The van der Waals surface area contributed by atoms with Crippen LogP contribution in [0.5, 0.6) is 0 Å². The molecule has 6 atom stereocenters. The molecule has 7 amide bonds. The fourth-order valence-corrected chi connectivity index (χ4v) is 9.42. The zero-order valence-electron chi connectivity index (χ0n) is 43.8. The lowest BCUT2D eigenvalue weighted by Crippen LogP contribution is -2.54. The number of ether oxygens (including phenoxy) is 2. The molecule has 0 bridgehead atoms. The average Bonchev–Trinajstić information content (AvgIpc) is 3.99. The van der Waals surface area contributed by atoms with Gasteiger partial charge in [0.1, 0.15) is 48.4 Å². The molecule has 18 nitrogen and oxygen atoms in total. The number of urea groups is 1. The zero-order chi connectivity index (χ0) is 55.1. The number of imidazole rings is 1. The molecule has 3 heterocycles. The molecule has 0 saturated carbocycles. The summed E-state index contributed by atoms with van der Waals surface area (Å²) in [6.45, 7) is 9.06. The number of rotatable bonds is 24. The Morgan fingerprint density at radius 2 is 1.61 bits per heavy atom. The summed E-state index contributed by atoms with van der Waals surface area (Å²) in [6, 6.07) is 15.2. The highest BCUT2D eigenvalue weighted by Gasteiger charge is 2.44. The Morgan fingerprint density at radius 3 is 2.26 bits per heavy atom. The number of primary amides is 1. The van der Waals surface area contributed by atoms with Crippen molar-refractivity contribution in [3.63, 3.8) is 0 Å². The number of aromatic nitrogens is 2. The summed E-state index contributed by atoms with van der Waals surface area (Å²) in [6.07, 6.45) is -0.0673. The van der Waals surface area contributed by atoms with Crippen LogP contribution in [0.15, 0.2) is 79.0 Å². The fraction of sp³-hybridized carbons (Fsp3) is 0.509. The average molecular weight is 1060 g/mol. The van der Waals surface area contributed by atoms with Gasteiger partial charge in [-0.25, -0.2) is 27.7 Å². The van der Waals surface area contributed by atoms with Crippen LogP contribution >= 0.6 is 0 Å². The second kappa shape index (κ2) is 27.7. The molecule has 2 aliphatic heterocycles. The summed E-state index contributed by atoms with van der Waals surface area (Å²) in [4.78, 5) is 86.5. The Labute approximate surface area is 441 Å². The van der Waals surface area contributed by atoms with Crippen molar-refractivity contribution in [3.05, 3.63) is 108 Å². The lowest BCUT2D eigenvalue weighted by atomic mass is 9.88. The van der Waals surface area contributed by atoms with Gasteiger partial charge in [0, 0.05) is 69.2 Å². The Morgan fingerprint density at radius 1 is 0.895 bits per heavy atom. The van der Waals surface area contributed by atoms with E-state index >= 15 is 8.78 Å². The number of nitrogens with zero attached hydrogens (tertiary/aromatic N) is 4. The first kappa shape index (κ1) is 58.3. The molecule has 7 N–H and O–H groups in total.